The number of halogens is 4. The highest BCUT2D eigenvalue weighted by Crippen LogP contribution is 2.45. The van der Waals surface area contributed by atoms with Gasteiger partial charge in [-0.1, -0.05) is 54.1 Å². The van der Waals surface area contributed by atoms with E-state index in [0.29, 0.717) is 15.9 Å². The number of benzene rings is 3. The number of fused-ring (bicyclic) bond motifs is 1. The van der Waals surface area contributed by atoms with E-state index in [-0.39, 0.29) is 24.3 Å². The first kappa shape index (κ1) is 20.8. The zero-order chi connectivity index (χ0) is 21.3. The fourth-order valence-corrected chi connectivity index (χ4v) is 4.46. The van der Waals surface area contributed by atoms with Gasteiger partial charge in [-0.05, 0) is 58.1 Å². The first-order valence-electron chi connectivity index (χ1n) is 9.37. The third-order valence-corrected chi connectivity index (χ3v) is 5.97. The van der Waals surface area contributed by atoms with Crippen LogP contribution in [0, 0.1) is 11.6 Å². The van der Waals surface area contributed by atoms with Crippen LogP contribution in [0.15, 0.2) is 65.1 Å². The molecule has 30 heavy (non-hydrogen) atoms. The molecule has 0 radical (unpaired) electrons. The summed E-state index contributed by atoms with van der Waals surface area (Å²) in [4.78, 5) is 14.6. The standard InChI is InChI=1S/C23H17BrClF2NO2/c24-18-12-19(26)21(27)17-10-11-20(15-6-8-16(25)9-7-15)28(22(17)18)23(29)30-13-14-4-2-1-3-5-14/h1-9,12,20H,10-11,13H2. The number of hydrogen-bond donors (Lipinski definition) is 0. The first-order valence-corrected chi connectivity index (χ1v) is 10.5. The van der Waals surface area contributed by atoms with E-state index < -0.39 is 23.8 Å². The minimum absolute atomic E-state index is 0.0696. The monoisotopic (exact) mass is 491 g/mol. The molecule has 1 aliphatic rings. The first-order chi connectivity index (χ1) is 14.5. The molecule has 3 aromatic rings. The summed E-state index contributed by atoms with van der Waals surface area (Å²) in [6.45, 7) is 0.0696. The van der Waals surface area contributed by atoms with Crippen molar-refractivity contribution in [1.82, 2.24) is 0 Å². The Morgan fingerprint density at radius 2 is 1.83 bits per heavy atom. The quantitative estimate of drug-likeness (QED) is 0.362. The van der Waals surface area contributed by atoms with E-state index in [1.54, 1.807) is 12.1 Å². The molecule has 1 aliphatic heterocycles. The van der Waals surface area contributed by atoms with Crippen LogP contribution in [0.3, 0.4) is 0 Å². The molecule has 0 N–H and O–H groups in total. The van der Waals surface area contributed by atoms with Gasteiger partial charge in [-0.25, -0.2) is 13.6 Å². The smallest absolute Gasteiger partial charge is 0.415 e. The molecule has 1 atom stereocenters. The van der Waals surface area contributed by atoms with Gasteiger partial charge in [-0.3, -0.25) is 4.90 Å². The van der Waals surface area contributed by atoms with Gasteiger partial charge in [0.05, 0.1) is 11.7 Å². The van der Waals surface area contributed by atoms with Crippen molar-refractivity contribution in [3.05, 3.63) is 98.5 Å². The fourth-order valence-electron chi connectivity index (χ4n) is 3.70. The molecule has 0 aliphatic carbocycles. The number of carbonyl (C=O) groups is 1. The molecule has 1 unspecified atom stereocenters. The lowest BCUT2D eigenvalue weighted by molar-refractivity contribution is 0.143. The summed E-state index contributed by atoms with van der Waals surface area (Å²) in [7, 11) is 0. The molecular weight excluding hydrogens is 476 g/mol. The maximum atomic E-state index is 14.5. The van der Waals surface area contributed by atoms with Gasteiger partial charge in [-0.2, -0.15) is 0 Å². The summed E-state index contributed by atoms with van der Waals surface area (Å²) in [6.07, 6.45) is 0.0706. The maximum absolute atomic E-state index is 14.5. The van der Waals surface area contributed by atoms with E-state index in [2.05, 4.69) is 15.9 Å². The van der Waals surface area contributed by atoms with Gasteiger partial charge in [0.25, 0.3) is 0 Å². The lowest BCUT2D eigenvalue weighted by Gasteiger charge is -2.37. The van der Waals surface area contributed by atoms with Crippen molar-refractivity contribution >= 4 is 39.3 Å². The van der Waals surface area contributed by atoms with Crippen LogP contribution in [0.2, 0.25) is 5.02 Å². The van der Waals surface area contributed by atoms with Gasteiger partial charge in [-0.15, -0.1) is 0 Å². The van der Waals surface area contributed by atoms with Crippen molar-refractivity contribution in [2.24, 2.45) is 0 Å². The molecule has 7 heteroatoms. The summed E-state index contributed by atoms with van der Waals surface area (Å²) < 4.78 is 34.4. The Kier molecular flexibility index (Phi) is 6.06. The second-order valence-corrected chi connectivity index (χ2v) is 8.29. The van der Waals surface area contributed by atoms with Crippen LogP contribution in [0.5, 0.6) is 0 Å². The van der Waals surface area contributed by atoms with E-state index in [0.717, 1.165) is 17.2 Å². The number of rotatable bonds is 3. The molecule has 3 aromatic carbocycles. The van der Waals surface area contributed by atoms with Crippen molar-refractivity contribution in [3.63, 3.8) is 0 Å². The molecule has 3 nitrogen and oxygen atoms in total. The highest BCUT2D eigenvalue weighted by Gasteiger charge is 2.37. The molecule has 0 spiro atoms. The summed E-state index contributed by atoms with van der Waals surface area (Å²) in [5.41, 5.74) is 2.11. The summed E-state index contributed by atoms with van der Waals surface area (Å²) >= 11 is 9.31. The Morgan fingerprint density at radius 3 is 2.53 bits per heavy atom. The molecule has 0 aromatic heterocycles. The van der Waals surface area contributed by atoms with Crippen LogP contribution in [0.4, 0.5) is 19.3 Å². The predicted molar refractivity (Wildman–Crippen MR) is 116 cm³/mol. The highest BCUT2D eigenvalue weighted by atomic mass is 79.9. The van der Waals surface area contributed by atoms with Crippen LogP contribution in [-0.2, 0) is 17.8 Å². The largest absolute Gasteiger partial charge is 0.444 e. The Balaban J connectivity index is 1.73. The Morgan fingerprint density at radius 1 is 1.13 bits per heavy atom. The fraction of sp³-hybridized carbons (Fsp3) is 0.174. The average molecular weight is 493 g/mol. The Bertz CT molecular complexity index is 1080. The average Bonchev–Trinajstić information content (AvgIpc) is 2.76. The van der Waals surface area contributed by atoms with Crippen molar-refractivity contribution in [1.29, 1.82) is 0 Å². The summed E-state index contributed by atoms with van der Waals surface area (Å²) in [5.74, 6) is -1.90. The second kappa shape index (κ2) is 8.74. The van der Waals surface area contributed by atoms with Crippen molar-refractivity contribution in [2.45, 2.75) is 25.5 Å². The predicted octanol–water partition coefficient (Wildman–Crippen LogP) is 7.21. The van der Waals surface area contributed by atoms with Crippen molar-refractivity contribution in [2.75, 3.05) is 4.90 Å². The van der Waals surface area contributed by atoms with Crippen LogP contribution in [-0.4, -0.2) is 6.09 Å². The van der Waals surface area contributed by atoms with Gasteiger partial charge in [0.15, 0.2) is 11.6 Å². The molecule has 1 heterocycles. The zero-order valence-electron chi connectivity index (χ0n) is 15.7. The molecular formula is C23H17BrClF2NO2. The number of carbonyl (C=O) groups excluding carboxylic acids is 1. The van der Waals surface area contributed by atoms with Gasteiger partial charge in [0.2, 0.25) is 0 Å². The molecule has 1 amide bonds. The van der Waals surface area contributed by atoms with Crippen LogP contribution in [0.25, 0.3) is 0 Å². The van der Waals surface area contributed by atoms with Crippen molar-refractivity contribution < 1.29 is 18.3 Å². The van der Waals surface area contributed by atoms with Gasteiger partial charge >= 0.3 is 6.09 Å². The molecule has 0 bridgehead atoms. The van der Waals surface area contributed by atoms with Gasteiger partial charge < -0.3 is 4.74 Å². The van der Waals surface area contributed by atoms with E-state index in [9.17, 15) is 13.6 Å². The Hall–Kier alpha value is -2.44. The van der Waals surface area contributed by atoms with Crippen LogP contribution in [0.1, 0.15) is 29.2 Å². The third-order valence-electron chi connectivity index (χ3n) is 5.12. The zero-order valence-corrected chi connectivity index (χ0v) is 18.1. The minimum atomic E-state index is -0.955. The van der Waals surface area contributed by atoms with E-state index >= 15 is 0 Å². The number of ether oxygens (including phenoxy) is 1. The normalized spacial score (nSPS) is 15.6. The minimum Gasteiger partial charge on any atom is -0.444 e. The maximum Gasteiger partial charge on any atom is 0.415 e. The highest BCUT2D eigenvalue weighted by molar-refractivity contribution is 9.10. The molecule has 0 fully saturated rings. The number of anilines is 1. The lowest BCUT2D eigenvalue weighted by Crippen LogP contribution is -2.39. The van der Waals surface area contributed by atoms with E-state index in [4.69, 9.17) is 16.3 Å². The second-order valence-electron chi connectivity index (χ2n) is 7.00. The number of nitrogens with zero attached hydrogens (tertiary/aromatic N) is 1. The van der Waals surface area contributed by atoms with Gasteiger partial charge in [0.1, 0.15) is 6.61 Å². The SMILES string of the molecule is O=C(OCc1ccccc1)N1c2c(Br)cc(F)c(F)c2CCC1c1ccc(Cl)cc1. The van der Waals surface area contributed by atoms with E-state index in [1.165, 1.54) is 4.90 Å². The molecule has 4 rings (SSSR count). The van der Waals surface area contributed by atoms with Crippen LogP contribution < -0.4 is 4.90 Å². The third kappa shape index (κ3) is 4.07. The summed E-state index contributed by atoms with van der Waals surface area (Å²) in [6, 6.07) is 17.0. The van der Waals surface area contributed by atoms with Crippen LogP contribution >= 0.6 is 27.5 Å². The van der Waals surface area contributed by atoms with Crippen molar-refractivity contribution in [3.8, 4) is 0 Å². The number of amides is 1. The summed E-state index contributed by atoms with van der Waals surface area (Å²) in [5, 5.41) is 0.572. The van der Waals surface area contributed by atoms with Gasteiger partial charge in [0, 0.05) is 15.1 Å². The lowest BCUT2D eigenvalue weighted by atomic mass is 9.91. The Labute approximate surface area is 186 Å². The molecule has 0 saturated carbocycles. The topological polar surface area (TPSA) is 29.5 Å². The number of hydrogen-bond acceptors (Lipinski definition) is 2. The van der Waals surface area contributed by atoms with E-state index in [1.807, 2.05) is 42.5 Å². The molecule has 0 saturated heterocycles. The molecule has 154 valence electrons.